The van der Waals surface area contributed by atoms with Crippen molar-refractivity contribution >= 4 is 11.7 Å². The van der Waals surface area contributed by atoms with Crippen molar-refractivity contribution in [3.8, 4) is 5.75 Å². The SMILES string of the molecule is CCOc1ccccc1NC(=O)N1CCCCCCC1. The quantitative estimate of drug-likeness (QED) is 0.910. The van der Waals surface area contributed by atoms with Crippen LogP contribution in [0.3, 0.4) is 0 Å². The van der Waals surface area contributed by atoms with Gasteiger partial charge in [0.15, 0.2) is 0 Å². The van der Waals surface area contributed by atoms with Crippen molar-refractivity contribution in [2.24, 2.45) is 0 Å². The molecular weight excluding hydrogens is 252 g/mol. The maximum Gasteiger partial charge on any atom is 0.321 e. The van der Waals surface area contributed by atoms with Crippen molar-refractivity contribution in [2.45, 2.75) is 39.0 Å². The molecule has 0 bridgehead atoms. The molecule has 0 aliphatic carbocycles. The molecule has 0 spiro atoms. The highest BCUT2D eigenvalue weighted by molar-refractivity contribution is 5.90. The zero-order valence-corrected chi connectivity index (χ0v) is 12.2. The van der Waals surface area contributed by atoms with Crippen LogP contribution < -0.4 is 10.1 Å². The summed E-state index contributed by atoms with van der Waals surface area (Å²) in [6.45, 7) is 4.23. The van der Waals surface area contributed by atoms with Crippen LogP contribution in [0.2, 0.25) is 0 Å². The molecule has 1 aliphatic heterocycles. The van der Waals surface area contributed by atoms with Crippen LogP contribution in [0.5, 0.6) is 5.75 Å². The molecule has 1 heterocycles. The fraction of sp³-hybridized carbons (Fsp3) is 0.562. The van der Waals surface area contributed by atoms with Gasteiger partial charge in [-0.15, -0.1) is 0 Å². The van der Waals surface area contributed by atoms with Gasteiger partial charge in [0, 0.05) is 13.1 Å². The van der Waals surface area contributed by atoms with E-state index >= 15 is 0 Å². The van der Waals surface area contributed by atoms with Gasteiger partial charge in [0.2, 0.25) is 0 Å². The summed E-state index contributed by atoms with van der Waals surface area (Å²) in [5, 5.41) is 2.98. The first kappa shape index (κ1) is 14.7. The van der Waals surface area contributed by atoms with Gasteiger partial charge in [0.05, 0.1) is 12.3 Å². The highest BCUT2D eigenvalue weighted by atomic mass is 16.5. The van der Waals surface area contributed by atoms with Crippen molar-refractivity contribution in [3.63, 3.8) is 0 Å². The molecule has 4 nitrogen and oxygen atoms in total. The van der Waals surface area contributed by atoms with E-state index < -0.39 is 0 Å². The first-order valence-electron chi connectivity index (χ1n) is 7.59. The number of hydrogen-bond donors (Lipinski definition) is 1. The van der Waals surface area contributed by atoms with E-state index in [-0.39, 0.29) is 6.03 Å². The van der Waals surface area contributed by atoms with Gasteiger partial charge < -0.3 is 15.0 Å². The smallest absolute Gasteiger partial charge is 0.321 e. The van der Waals surface area contributed by atoms with Crippen LogP contribution in [0, 0.1) is 0 Å². The third-order valence-electron chi connectivity index (χ3n) is 3.57. The number of anilines is 1. The van der Waals surface area contributed by atoms with E-state index in [1.165, 1.54) is 19.3 Å². The largest absolute Gasteiger partial charge is 0.492 e. The second kappa shape index (κ2) is 7.78. The molecule has 1 fully saturated rings. The van der Waals surface area contributed by atoms with E-state index in [1.54, 1.807) is 0 Å². The number of nitrogens with one attached hydrogen (secondary N) is 1. The summed E-state index contributed by atoms with van der Waals surface area (Å²) >= 11 is 0. The Balaban J connectivity index is 1.99. The van der Waals surface area contributed by atoms with Gasteiger partial charge in [-0.25, -0.2) is 4.79 Å². The minimum Gasteiger partial charge on any atom is -0.492 e. The summed E-state index contributed by atoms with van der Waals surface area (Å²) in [6.07, 6.45) is 5.93. The second-order valence-electron chi connectivity index (χ2n) is 5.11. The molecule has 2 amide bonds. The van der Waals surface area contributed by atoms with Gasteiger partial charge in [-0.2, -0.15) is 0 Å². The lowest BCUT2D eigenvalue weighted by molar-refractivity contribution is 0.205. The average molecular weight is 276 g/mol. The fourth-order valence-electron chi connectivity index (χ4n) is 2.50. The first-order chi connectivity index (χ1) is 9.81. The van der Waals surface area contributed by atoms with Crippen molar-refractivity contribution in [2.75, 3.05) is 25.0 Å². The number of carbonyl (C=O) groups excluding carboxylic acids is 1. The Hall–Kier alpha value is -1.71. The zero-order chi connectivity index (χ0) is 14.2. The van der Waals surface area contributed by atoms with Crippen LogP contribution in [0.4, 0.5) is 10.5 Å². The van der Waals surface area contributed by atoms with E-state index in [2.05, 4.69) is 5.32 Å². The number of nitrogens with zero attached hydrogens (tertiary/aromatic N) is 1. The number of urea groups is 1. The summed E-state index contributed by atoms with van der Waals surface area (Å²) in [4.78, 5) is 14.3. The van der Waals surface area contributed by atoms with Crippen LogP contribution >= 0.6 is 0 Å². The molecule has 0 unspecified atom stereocenters. The number of rotatable bonds is 3. The Bertz CT molecular complexity index is 426. The lowest BCUT2D eigenvalue weighted by Crippen LogP contribution is -2.37. The number of ether oxygens (including phenoxy) is 1. The van der Waals surface area contributed by atoms with E-state index in [0.29, 0.717) is 6.61 Å². The number of carbonyl (C=O) groups is 1. The molecule has 1 aromatic carbocycles. The molecule has 0 aromatic heterocycles. The summed E-state index contributed by atoms with van der Waals surface area (Å²) in [7, 11) is 0. The summed E-state index contributed by atoms with van der Waals surface area (Å²) < 4.78 is 5.54. The van der Waals surface area contributed by atoms with Crippen molar-refractivity contribution in [1.82, 2.24) is 4.90 Å². The molecule has 0 radical (unpaired) electrons. The third kappa shape index (κ3) is 4.15. The Kier molecular flexibility index (Phi) is 5.71. The monoisotopic (exact) mass is 276 g/mol. The molecule has 4 heteroatoms. The summed E-state index contributed by atoms with van der Waals surface area (Å²) in [6, 6.07) is 7.57. The Labute approximate surface area is 121 Å². The highest BCUT2D eigenvalue weighted by Crippen LogP contribution is 2.24. The van der Waals surface area contributed by atoms with Gasteiger partial charge in [0.25, 0.3) is 0 Å². The Morgan fingerprint density at radius 2 is 1.80 bits per heavy atom. The van der Waals surface area contributed by atoms with Crippen LogP contribution in [0.15, 0.2) is 24.3 Å². The lowest BCUT2D eigenvalue weighted by Gasteiger charge is -2.25. The number of para-hydroxylation sites is 2. The number of hydrogen-bond acceptors (Lipinski definition) is 2. The third-order valence-corrected chi connectivity index (χ3v) is 3.57. The standard InChI is InChI=1S/C16H24N2O2/c1-2-20-15-11-7-6-10-14(15)17-16(19)18-12-8-4-3-5-9-13-18/h6-7,10-11H,2-5,8-9,12-13H2,1H3,(H,17,19). The van der Waals surface area contributed by atoms with Crippen LogP contribution in [-0.2, 0) is 0 Å². The minimum atomic E-state index is -0.0148. The molecule has 110 valence electrons. The molecule has 0 saturated carbocycles. The lowest BCUT2D eigenvalue weighted by atomic mass is 10.1. The second-order valence-corrected chi connectivity index (χ2v) is 5.11. The van der Waals surface area contributed by atoms with Gasteiger partial charge in [-0.3, -0.25) is 0 Å². The molecule has 1 aliphatic rings. The fourth-order valence-corrected chi connectivity index (χ4v) is 2.50. The van der Waals surface area contributed by atoms with Gasteiger partial charge in [0.1, 0.15) is 5.75 Å². The first-order valence-corrected chi connectivity index (χ1v) is 7.59. The van der Waals surface area contributed by atoms with Crippen LogP contribution in [0.1, 0.15) is 39.0 Å². The number of amides is 2. The van der Waals surface area contributed by atoms with Crippen molar-refractivity contribution < 1.29 is 9.53 Å². The minimum absolute atomic E-state index is 0.0148. The van der Waals surface area contributed by atoms with E-state index in [0.717, 1.165) is 37.4 Å². The predicted octanol–water partition coefficient (Wildman–Crippen LogP) is 3.88. The van der Waals surface area contributed by atoms with Gasteiger partial charge in [-0.1, -0.05) is 31.4 Å². The number of benzene rings is 1. The number of likely N-dealkylation sites (tertiary alicyclic amines) is 1. The molecular formula is C16H24N2O2. The molecule has 2 rings (SSSR count). The Morgan fingerprint density at radius 3 is 2.50 bits per heavy atom. The Morgan fingerprint density at radius 1 is 1.15 bits per heavy atom. The zero-order valence-electron chi connectivity index (χ0n) is 12.2. The summed E-state index contributed by atoms with van der Waals surface area (Å²) in [5.74, 6) is 0.732. The average Bonchev–Trinajstić information content (AvgIpc) is 2.40. The van der Waals surface area contributed by atoms with Crippen LogP contribution in [-0.4, -0.2) is 30.6 Å². The molecule has 1 saturated heterocycles. The maximum absolute atomic E-state index is 12.3. The normalized spacial score (nSPS) is 16.1. The van der Waals surface area contributed by atoms with Crippen LogP contribution in [0.25, 0.3) is 0 Å². The van der Waals surface area contributed by atoms with E-state index in [4.69, 9.17) is 4.74 Å². The molecule has 1 N–H and O–H groups in total. The predicted molar refractivity (Wildman–Crippen MR) is 81.3 cm³/mol. The van der Waals surface area contributed by atoms with Crippen molar-refractivity contribution in [1.29, 1.82) is 0 Å². The maximum atomic E-state index is 12.3. The molecule has 20 heavy (non-hydrogen) atoms. The van der Waals surface area contributed by atoms with E-state index in [9.17, 15) is 4.79 Å². The summed E-state index contributed by atoms with van der Waals surface area (Å²) in [5.41, 5.74) is 0.751. The van der Waals surface area contributed by atoms with Crippen molar-refractivity contribution in [3.05, 3.63) is 24.3 Å². The molecule has 1 aromatic rings. The molecule has 0 atom stereocenters. The topological polar surface area (TPSA) is 41.6 Å². The van der Waals surface area contributed by atoms with E-state index in [1.807, 2.05) is 36.1 Å². The van der Waals surface area contributed by atoms with Gasteiger partial charge >= 0.3 is 6.03 Å². The highest BCUT2D eigenvalue weighted by Gasteiger charge is 2.16. The van der Waals surface area contributed by atoms with Gasteiger partial charge in [-0.05, 0) is 31.9 Å².